The van der Waals surface area contributed by atoms with Gasteiger partial charge in [-0.1, -0.05) is 11.3 Å². The Hall–Kier alpha value is -1.09. The third-order valence-electron chi connectivity index (χ3n) is 3.40. The lowest BCUT2D eigenvalue weighted by atomic mass is 10.00. The maximum Gasteiger partial charge on any atom is 0.234 e. The van der Waals surface area contributed by atoms with Crippen LogP contribution in [0.1, 0.15) is 29.6 Å². The number of hydrogen-bond acceptors (Lipinski definition) is 7. The van der Waals surface area contributed by atoms with E-state index in [-0.39, 0.29) is 0 Å². The van der Waals surface area contributed by atoms with Crippen LogP contribution < -0.4 is 5.32 Å². The van der Waals surface area contributed by atoms with Gasteiger partial charge in [-0.15, -0.1) is 10.2 Å². The van der Waals surface area contributed by atoms with E-state index in [1.54, 1.807) is 18.4 Å². The largest absolute Gasteiger partial charge is 0.383 e. The number of methoxy groups -OCH3 is 1. The van der Waals surface area contributed by atoms with E-state index in [4.69, 9.17) is 9.47 Å². The van der Waals surface area contributed by atoms with Crippen molar-refractivity contribution in [2.24, 2.45) is 0 Å². The quantitative estimate of drug-likeness (QED) is 0.796. The van der Waals surface area contributed by atoms with Crippen LogP contribution in [-0.4, -0.2) is 53.3 Å². The standard InChI is InChI=1S/C12H19N5O2S/c1-18-7-4-13-8-10-16-17-11(14-15-12(17)20-10)9-2-5-19-6-3-9/h9,13H,2-8H2,1H3. The first-order valence-corrected chi connectivity index (χ1v) is 7.68. The highest BCUT2D eigenvalue weighted by Crippen LogP contribution is 2.26. The van der Waals surface area contributed by atoms with Gasteiger partial charge in [0.05, 0.1) is 6.61 Å². The second-order valence-corrected chi connectivity index (χ2v) is 5.85. The van der Waals surface area contributed by atoms with Crippen molar-refractivity contribution in [3.05, 3.63) is 10.8 Å². The molecule has 0 saturated carbocycles. The summed E-state index contributed by atoms with van der Waals surface area (Å²) in [6.45, 7) is 3.87. The van der Waals surface area contributed by atoms with Crippen molar-refractivity contribution in [2.75, 3.05) is 33.5 Å². The lowest BCUT2D eigenvalue weighted by Crippen LogP contribution is -2.19. The zero-order valence-corrected chi connectivity index (χ0v) is 12.4. The van der Waals surface area contributed by atoms with E-state index in [1.807, 2.05) is 4.52 Å². The van der Waals surface area contributed by atoms with Gasteiger partial charge in [0, 0.05) is 39.3 Å². The third-order valence-corrected chi connectivity index (χ3v) is 4.30. The van der Waals surface area contributed by atoms with E-state index in [2.05, 4.69) is 20.6 Å². The highest BCUT2D eigenvalue weighted by atomic mass is 32.1. The highest BCUT2D eigenvalue weighted by Gasteiger charge is 2.23. The molecule has 1 saturated heterocycles. The van der Waals surface area contributed by atoms with Gasteiger partial charge >= 0.3 is 0 Å². The molecule has 0 bridgehead atoms. The summed E-state index contributed by atoms with van der Waals surface area (Å²) in [6.07, 6.45) is 2.00. The number of nitrogens with zero attached hydrogens (tertiary/aromatic N) is 4. The molecular formula is C12H19N5O2S. The fourth-order valence-electron chi connectivity index (χ4n) is 2.32. The Morgan fingerprint density at radius 3 is 3.05 bits per heavy atom. The topological polar surface area (TPSA) is 73.6 Å². The van der Waals surface area contributed by atoms with Crippen molar-refractivity contribution in [1.82, 2.24) is 25.1 Å². The van der Waals surface area contributed by atoms with Crippen LogP contribution in [-0.2, 0) is 16.0 Å². The molecule has 3 heterocycles. The summed E-state index contributed by atoms with van der Waals surface area (Å²) in [5, 5.41) is 17.5. The molecule has 0 spiro atoms. The number of aromatic nitrogens is 4. The van der Waals surface area contributed by atoms with Crippen LogP contribution in [0.5, 0.6) is 0 Å². The Morgan fingerprint density at radius 2 is 2.25 bits per heavy atom. The van der Waals surface area contributed by atoms with Crippen molar-refractivity contribution < 1.29 is 9.47 Å². The lowest BCUT2D eigenvalue weighted by Gasteiger charge is -2.19. The van der Waals surface area contributed by atoms with E-state index in [0.717, 1.165) is 54.9 Å². The molecule has 3 rings (SSSR count). The van der Waals surface area contributed by atoms with Crippen LogP contribution in [0.2, 0.25) is 0 Å². The maximum atomic E-state index is 5.39. The first-order valence-electron chi connectivity index (χ1n) is 6.87. The minimum Gasteiger partial charge on any atom is -0.383 e. The predicted octanol–water partition coefficient (Wildman–Crippen LogP) is 0.816. The van der Waals surface area contributed by atoms with Gasteiger partial charge in [-0.2, -0.15) is 9.61 Å². The number of ether oxygens (including phenoxy) is 2. The Morgan fingerprint density at radius 1 is 1.40 bits per heavy atom. The molecule has 0 aromatic carbocycles. The van der Waals surface area contributed by atoms with Crippen LogP contribution in [0.3, 0.4) is 0 Å². The second kappa shape index (κ2) is 6.57. The van der Waals surface area contributed by atoms with Gasteiger partial charge in [0.2, 0.25) is 4.96 Å². The smallest absolute Gasteiger partial charge is 0.234 e. The van der Waals surface area contributed by atoms with Gasteiger partial charge in [-0.3, -0.25) is 0 Å². The molecule has 8 heteroatoms. The predicted molar refractivity (Wildman–Crippen MR) is 75.0 cm³/mol. The fourth-order valence-corrected chi connectivity index (χ4v) is 3.13. The molecule has 1 aliphatic heterocycles. The van der Waals surface area contributed by atoms with Gasteiger partial charge in [0.25, 0.3) is 0 Å². The Balaban J connectivity index is 1.69. The number of hydrogen-bond donors (Lipinski definition) is 1. The monoisotopic (exact) mass is 297 g/mol. The molecule has 7 nitrogen and oxygen atoms in total. The van der Waals surface area contributed by atoms with Crippen LogP contribution in [0.25, 0.3) is 4.96 Å². The molecule has 2 aromatic heterocycles. The van der Waals surface area contributed by atoms with Crippen LogP contribution in [0.15, 0.2) is 0 Å². The number of fused-ring (bicyclic) bond motifs is 1. The second-order valence-electron chi connectivity index (χ2n) is 4.80. The van der Waals surface area contributed by atoms with Crippen molar-refractivity contribution in [1.29, 1.82) is 0 Å². The Kier molecular flexibility index (Phi) is 4.56. The molecule has 1 aliphatic rings. The van der Waals surface area contributed by atoms with Gasteiger partial charge < -0.3 is 14.8 Å². The minimum atomic E-state index is 0.412. The summed E-state index contributed by atoms with van der Waals surface area (Å²) in [5.74, 6) is 1.39. The molecule has 0 aliphatic carbocycles. The first-order chi connectivity index (χ1) is 9.88. The molecule has 0 atom stereocenters. The average Bonchev–Trinajstić information content (AvgIpc) is 3.04. The molecular weight excluding hydrogens is 278 g/mol. The van der Waals surface area contributed by atoms with Gasteiger partial charge in [-0.25, -0.2) is 0 Å². The van der Waals surface area contributed by atoms with E-state index in [0.29, 0.717) is 12.5 Å². The summed E-state index contributed by atoms with van der Waals surface area (Å²) in [6, 6.07) is 0. The third kappa shape index (κ3) is 2.98. The van der Waals surface area contributed by atoms with Crippen molar-refractivity contribution in [3.63, 3.8) is 0 Å². The molecule has 0 amide bonds. The molecule has 0 radical (unpaired) electrons. The van der Waals surface area contributed by atoms with E-state index in [9.17, 15) is 0 Å². The molecule has 2 aromatic rings. The lowest BCUT2D eigenvalue weighted by molar-refractivity contribution is 0.0831. The van der Waals surface area contributed by atoms with E-state index in [1.165, 1.54) is 0 Å². The van der Waals surface area contributed by atoms with Crippen molar-refractivity contribution >= 4 is 16.3 Å². The normalized spacial score (nSPS) is 17.1. The zero-order valence-electron chi connectivity index (χ0n) is 11.5. The summed E-state index contributed by atoms with van der Waals surface area (Å²) in [5.41, 5.74) is 0. The number of nitrogens with one attached hydrogen (secondary N) is 1. The van der Waals surface area contributed by atoms with E-state index >= 15 is 0 Å². The van der Waals surface area contributed by atoms with Crippen LogP contribution in [0, 0.1) is 0 Å². The van der Waals surface area contributed by atoms with Crippen LogP contribution >= 0.6 is 11.3 Å². The summed E-state index contributed by atoms with van der Waals surface area (Å²) < 4.78 is 12.3. The summed E-state index contributed by atoms with van der Waals surface area (Å²) >= 11 is 1.58. The molecule has 1 fully saturated rings. The fraction of sp³-hybridized carbons (Fsp3) is 0.750. The van der Waals surface area contributed by atoms with E-state index < -0.39 is 0 Å². The SMILES string of the molecule is COCCNCc1nn2c(C3CCOCC3)nnc2s1. The zero-order chi connectivity index (χ0) is 13.8. The van der Waals surface area contributed by atoms with Gasteiger partial charge in [0.15, 0.2) is 5.82 Å². The van der Waals surface area contributed by atoms with Crippen LogP contribution in [0.4, 0.5) is 0 Å². The van der Waals surface area contributed by atoms with Crippen molar-refractivity contribution in [3.8, 4) is 0 Å². The van der Waals surface area contributed by atoms with Gasteiger partial charge in [-0.05, 0) is 12.8 Å². The minimum absolute atomic E-state index is 0.412. The maximum absolute atomic E-state index is 5.39. The Labute approximate surface area is 121 Å². The summed E-state index contributed by atoms with van der Waals surface area (Å²) in [7, 11) is 1.70. The molecule has 20 heavy (non-hydrogen) atoms. The molecule has 1 N–H and O–H groups in total. The first kappa shape index (κ1) is 13.9. The average molecular weight is 297 g/mol. The number of rotatable bonds is 6. The highest BCUT2D eigenvalue weighted by molar-refractivity contribution is 7.16. The molecule has 0 unspecified atom stereocenters. The molecule has 110 valence electrons. The Bertz CT molecular complexity index is 549. The van der Waals surface area contributed by atoms with Gasteiger partial charge in [0.1, 0.15) is 5.01 Å². The van der Waals surface area contributed by atoms with Crippen molar-refractivity contribution in [2.45, 2.75) is 25.3 Å². The summed E-state index contributed by atoms with van der Waals surface area (Å²) in [4.78, 5) is 0.870.